The third kappa shape index (κ3) is 4.75. The maximum Gasteiger partial charge on any atom is 0.338 e. The summed E-state index contributed by atoms with van der Waals surface area (Å²) in [6.07, 6.45) is 0.893. The molecular weight excluding hydrogens is 406 g/mol. The van der Waals surface area contributed by atoms with Crippen LogP contribution in [0.5, 0.6) is 0 Å². The second kappa shape index (κ2) is 9.17. The van der Waals surface area contributed by atoms with E-state index in [1.807, 2.05) is 61.8 Å². The summed E-state index contributed by atoms with van der Waals surface area (Å²) in [6, 6.07) is 1.78. The highest BCUT2D eigenvalue weighted by Gasteiger charge is 2.41. The molecule has 0 saturated heterocycles. The van der Waals surface area contributed by atoms with Crippen LogP contribution in [0, 0.1) is 0 Å². The molecule has 0 aliphatic carbocycles. The first kappa shape index (κ1) is 21.6. The van der Waals surface area contributed by atoms with E-state index in [4.69, 9.17) is 4.74 Å². The van der Waals surface area contributed by atoms with Gasteiger partial charge in [-0.15, -0.1) is 0 Å². The number of ether oxygens (including phenoxy) is 1. The molecule has 156 valence electrons. The van der Waals surface area contributed by atoms with Gasteiger partial charge in [0, 0.05) is 11.7 Å². The summed E-state index contributed by atoms with van der Waals surface area (Å²) in [5.41, 5.74) is 3.02. The molecular formula is C21H27N3O3S2. The van der Waals surface area contributed by atoms with E-state index in [0.717, 1.165) is 22.8 Å². The van der Waals surface area contributed by atoms with Gasteiger partial charge in [-0.05, 0) is 61.9 Å². The van der Waals surface area contributed by atoms with Gasteiger partial charge in [0.1, 0.15) is 0 Å². The minimum Gasteiger partial charge on any atom is -0.459 e. The minimum absolute atomic E-state index is 0.0332. The molecule has 1 aromatic heterocycles. The van der Waals surface area contributed by atoms with Crippen LogP contribution < -0.4 is 5.32 Å². The van der Waals surface area contributed by atoms with Crippen LogP contribution in [0.25, 0.3) is 0 Å². The summed E-state index contributed by atoms with van der Waals surface area (Å²) in [4.78, 5) is 32.1. The van der Waals surface area contributed by atoms with E-state index in [-0.39, 0.29) is 36.5 Å². The van der Waals surface area contributed by atoms with Gasteiger partial charge in [-0.25, -0.2) is 9.79 Å². The van der Waals surface area contributed by atoms with E-state index in [9.17, 15) is 9.59 Å². The first-order valence-electron chi connectivity index (χ1n) is 9.78. The number of rotatable bonds is 7. The monoisotopic (exact) mass is 433 g/mol. The van der Waals surface area contributed by atoms with Crippen LogP contribution in [-0.4, -0.2) is 34.1 Å². The molecule has 1 N–H and O–H groups in total. The Kier molecular flexibility index (Phi) is 6.85. The van der Waals surface area contributed by atoms with E-state index < -0.39 is 0 Å². The molecule has 2 atom stereocenters. The zero-order valence-corrected chi connectivity index (χ0v) is 19.0. The lowest BCUT2D eigenvalue weighted by Gasteiger charge is -2.36. The van der Waals surface area contributed by atoms with Gasteiger partial charge in [0.15, 0.2) is 5.17 Å². The number of thioether (sulfide) groups is 1. The first-order valence-corrected chi connectivity index (χ1v) is 11.6. The lowest BCUT2D eigenvalue weighted by Crippen LogP contribution is -2.39. The molecule has 1 amide bonds. The van der Waals surface area contributed by atoms with Gasteiger partial charge in [0.2, 0.25) is 5.91 Å². The summed E-state index contributed by atoms with van der Waals surface area (Å²) in [7, 11) is 0. The average Bonchev–Trinajstić information content (AvgIpc) is 3.30. The predicted octanol–water partition coefficient (Wildman–Crippen LogP) is 4.58. The number of fused-ring (bicyclic) bond motifs is 1. The van der Waals surface area contributed by atoms with Crippen LogP contribution in [0.3, 0.4) is 0 Å². The number of nitrogens with one attached hydrogen (secondary N) is 1. The van der Waals surface area contributed by atoms with Crippen molar-refractivity contribution in [1.29, 1.82) is 0 Å². The molecule has 0 saturated carbocycles. The molecule has 2 unspecified atom stereocenters. The molecule has 29 heavy (non-hydrogen) atoms. The van der Waals surface area contributed by atoms with E-state index in [2.05, 4.69) is 10.3 Å². The molecule has 2 aliphatic rings. The SMILES string of the molecule is CCC(C)NC(=O)CC1=CSC2=NC(C)=C(C(=O)OC(C)C)C(c3ccsc3)N12. The van der Waals surface area contributed by atoms with Crippen LogP contribution in [0.15, 0.2) is 44.2 Å². The van der Waals surface area contributed by atoms with Crippen molar-refractivity contribution in [2.45, 2.75) is 65.6 Å². The number of esters is 1. The van der Waals surface area contributed by atoms with Crippen molar-refractivity contribution in [3.8, 4) is 0 Å². The minimum atomic E-state index is -0.364. The Morgan fingerprint density at radius 1 is 1.34 bits per heavy atom. The zero-order valence-electron chi connectivity index (χ0n) is 17.4. The van der Waals surface area contributed by atoms with Crippen LogP contribution in [0.2, 0.25) is 0 Å². The Morgan fingerprint density at radius 3 is 2.72 bits per heavy atom. The van der Waals surface area contributed by atoms with Gasteiger partial charge in [0.05, 0.1) is 29.8 Å². The predicted molar refractivity (Wildman–Crippen MR) is 118 cm³/mol. The number of amides is 1. The fourth-order valence-electron chi connectivity index (χ4n) is 3.25. The fourth-order valence-corrected chi connectivity index (χ4v) is 4.89. The number of carbonyl (C=O) groups excluding carboxylic acids is 2. The molecule has 3 rings (SSSR count). The summed E-state index contributed by atoms with van der Waals surface area (Å²) in [6.45, 7) is 9.54. The van der Waals surface area contributed by atoms with Crippen molar-refractivity contribution in [2.24, 2.45) is 4.99 Å². The molecule has 0 spiro atoms. The highest BCUT2D eigenvalue weighted by Crippen LogP contribution is 2.45. The highest BCUT2D eigenvalue weighted by molar-refractivity contribution is 8.16. The van der Waals surface area contributed by atoms with Gasteiger partial charge >= 0.3 is 5.97 Å². The Bertz CT molecular complexity index is 872. The lowest BCUT2D eigenvalue weighted by molar-refractivity contribution is -0.143. The number of thiophene rings is 1. The topological polar surface area (TPSA) is 71.0 Å². The van der Waals surface area contributed by atoms with Crippen molar-refractivity contribution < 1.29 is 14.3 Å². The van der Waals surface area contributed by atoms with Crippen molar-refractivity contribution in [3.05, 3.63) is 44.8 Å². The number of nitrogens with zero attached hydrogens (tertiary/aromatic N) is 2. The van der Waals surface area contributed by atoms with Crippen molar-refractivity contribution in [3.63, 3.8) is 0 Å². The second-order valence-electron chi connectivity index (χ2n) is 7.46. The number of allylic oxidation sites excluding steroid dienone is 1. The Hall–Kier alpha value is -2.06. The third-order valence-electron chi connectivity index (χ3n) is 4.78. The number of carbonyl (C=O) groups is 2. The molecule has 0 radical (unpaired) electrons. The van der Waals surface area contributed by atoms with Crippen LogP contribution in [0.1, 0.15) is 59.1 Å². The van der Waals surface area contributed by atoms with Gasteiger partial charge in [-0.3, -0.25) is 4.79 Å². The molecule has 2 aliphatic heterocycles. The average molecular weight is 434 g/mol. The lowest BCUT2D eigenvalue weighted by atomic mass is 9.96. The van der Waals surface area contributed by atoms with Crippen LogP contribution in [-0.2, 0) is 14.3 Å². The standard InChI is InChI=1S/C21H27N3O3S2/c1-6-13(4)22-17(25)9-16-11-29-21-23-14(5)18(20(26)27-12(2)3)19(24(16)21)15-7-8-28-10-15/h7-8,10-13,19H,6,9H2,1-5H3,(H,22,25). The maximum absolute atomic E-state index is 12.9. The zero-order chi connectivity index (χ0) is 21.1. The fraction of sp³-hybridized carbons (Fsp3) is 0.476. The molecule has 0 aromatic carbocycles. The quantitative estimate of drug-likeness (QED) is 0.638. The normalized spacial score (nSPS) is 19.7. The largest absolute Gasteiger partial charge is 0.459 e. The molecule has 8 heteroatoms. The number of hydrogen-bond donors (Lipinski definition) is 1. The number of amidine groups is 1. The molecule has 0 fully saturated rings. The van der Waals surface area contributed by atoms with Gasteiger partial charge < -0.3 is 15.0 Å². The maximum atomic E-state index is 12.9. The third-order valence-corrected chi connectivity index (χ3v) is 6.37. The van der Waals surface area contributed by atoms with Crippen LogP contribution >= 0.6 is 23.1 Å². The van der Waals surface area contributed by atoms with E-state index in [1.54, 1.807) is 11.3 Å². The van der Waals surface area contributed by atoms with Crippen molar-refractivity contribution >= 4 is 40.1 Å². The second-order valence-corrected chi connectivity index (χ2v) is 9.07. The first-order chi connectivity index (χ1) is 13.8. The Balaban J connectivity index is 1.94. The smallest absolute Gasteiger partial charge is 0.338 e. The van der Waals surface area contributed by atoms with Crippen LogP contribution in [0.4, 0.5) is 0 Å². The molecule has 1 aromatic rings. The van der Waals surface area contributed by atoms with E-state index in [1.165, 1.54) is 11.8 Å². The number of aliphatic imine (C=N–C) groups is 1. The molecule has 3 heterocycles. The summed E-state index contributed by atoms with van der Waals surface area (Å²) >= 11 is 3.06. The number of hydrogen-bond acceptors (Lipinski definition) is 7. The summed E-state index contributed by atoms with van der Waals surface area (Å²) < 4.78 is 5.53. The van der Waals surface area contributed by atoms with Gasteiger partial charge in [0.25, 0.3) is 0 Å². The highest BCUT2D eigenvalue weighted by atomic mass is 32.2. The van der Waals surface area contributed by atoms with E-state index >= 15 is 0 Å². The molecule has 0 bridgehead atoms. The summed E-state index contributed by atoms with van der Waals surface area (Å²) in [5.74, 6) is -0.397. The van der Waals surface area contributed by atoms with Crippen molar-refractivity contribution in [1.82, 2.24) is 10.2 Å². The summed E-state index contributed by atoms with van der Waals surface area (Å²) in [5, 5.41) is 9.77. The Labute approximate surface area is 180 Å². The van der Waals surface area contributed by atoms with Gasteiger partial charge in [-0.2, -0.15) is 11.3 Å². The van der Waals surface area contributed by atoms with E-state index in [0.29, 0.717) is 11.3 Å². The molecule has 6 nitrogen and oxygen atoms in total. The van der Waals surface area contributed by atoms with Gasteiger partial charge in [-0.1, -0.05) is 18.7 Å². The Morgan fingerprint density at radius 2 is 2.10 bits per heavy atom. The van der Waals surface area contributed by atoms with Crippen molar-refractivity contribution in [2.75, 3.05) is 0 Å².